The molecule has 0 amide bonds. The molecule has 0 saturated heterocycles. The molecular weight excluding hydrogens is 284 g/mol. The van der Waals surface area contributed by atoms with Crippen molar-refractivity contribution in [3.8, 4) is 17.2 Å². The molecule has 3 rings (SSSR count). The van der Waals surface area contributed by atoms with Gasteiger partial charge in [-0.25, -0.2) is 0 Å². The summed E-state index contributed by atoms with van der Waals surface area (Å²) in [5, 5.41) is 4.15. The quantitative estimate of drug-likeness (QED) is 0.935. The average Bonchev–Trinajstić information content (AvgIpc) is 2.94. The van der Waals surface area contributed by atoms with Crippen LogP contribution >= 0.6 is 0 Å². The van der Waals surface area contributed by atoms with E-state index in [0.717, 1.165) is 36.1 Å². The van der Waals surface area contributed by atoms with E-state index in [1.54, 1.807) is 21.3 Å². The molecule has 1 unspecified atom stereocenters. The van der Waals surface area contributed by atoms with E-state index in [0.29, 0.717) is 23.1 Å². The van der Waals surface area contributed by atoms with Gasteiger partial charge in [-0.1, -0.05) is 5.16 Å². The Balaban J connectivity index is 2.09. The van der Waals surface area contributed by atoms with Gasteiger partial charge in [0.2, 0.25) is 11.6 Å². The summed E-state index contributed by atoms with van der Waals surface area (Å²) in [6, 6.07) is 3.93. The van der Waals surface area contributed by atoms with Crippen molar-refractivity contribution >= 4 is 5.88 Å². The fourth-order valence-electron chi connectivity index (χ4n) is 3.11. The maximum Gasteiger partial charge on any atom is 0.225 e. The molecule has 1 aromatic heterocycles. The van der Waals surface area contributed by atoms with Crippen LogP contribution in [0.1, 0.15) is 35.6 Å². The van der Waals surface area contributed by atoms with Crippen LogP contribution in [0.4, 0.5) is 5.88 Å². The molecule has 2 N–H and O–H groups in total. The van der Waals surface area contributed by atoms with E-state index in [4.69, 9.17) is 24.5 Å². The lowest BCUT2D eigenvalue weighted by molar-refractivity contribution is 0.323. The fourth-order valence-corrected chi connectivity index (χ4v) is 3.11. The normalized spacial score (nSPS) is 17.0. The van der Waals surface area contributed by atoms with E-state index >= 15 is 0 Å². The molecule has 1 aromatic carbocycles. The number of fused-ring (bicyclic) bond motifs is 1. The minimum Gasteiger partial charge on any atom is -0.493 e. The van der Waals surface area contributed by atoms with Crippen molar-refractivity contribution in [3.05, 3.63) is 29.0 Å². The number of hydrogen-bond donors (Lipinski definition) is 1. The Kier molecular flexibility index (Phi) is 3.83. The minimum absolute atomic E-state index is 0.124. The first-order valence-corrected chi connectivity index (χ1v) is 7.23. The van der Waals surface area contributed by atoms with Gasteiger partial charge in [-0.2, -0.15) is 0 Å². The van der Waals surface area contributed by atoms with Crippen molar-refractivity contribution in [1.29, 1.82) is 0 Å². The summed E-state index contributed by atoms with van der Waals surface area (Å²) in [6.07, 6.45) is 2.93. The maximum absolute atomic E-state index is 5.86. The van der Waals surface area contributed by atoms with Crippen LogP contribution in [-0.4, -0.2) is 26.5 Å². The summed E-state index contributed by atoms with van der Waals surface area (Å²) in [4.78, 5) is 0. The topological polar surface area (TPSA) is 79.7 Å². The van der Waals surface area contributed by atoms with Crippen LogP contribution in [0, 0.1) is 0 Å². The molecule has 1 aliphatic rings. The standard InChI is InChI=1S/C16H20N2O4/c1-19-12-7-9(8-13(20-2)15(12)21-3)10-5-4-6-11-14(10)18-22-16(11)17/h7-8,10H,4-6,17H2,1-3H3. The molecule has 6 nitrogen and oxygen atoms in total. The highest BCUT2D eigenvalue weighted by Gasteiger charge is 2.29. The van der Waals surface area contributed by atoms with Gasteiger partial charge in [0.25, 0.3) is 0 Å². The number of nitrogens with two attached hydrogens (primary N) is 1. The molecule has 1 atom stereocenters. The second-order valence-electron chi connectivity index (χ2n) is 5.31. The molecule has 2 aromatic rings. The van der Waals surface area contributed by atoms with Gasteiger partial charge >= 0.3 is 0 Å². The highest BCUT2D eigenvalue weighted by molar-refractivity contribution is 5.56. The van der Waals surface area contributed by atoms with Gasteiger partial charge in [0.05, 0.1) is 27.0 Å². The zero-order chi connectivity index (χ0) is 15.7. The molecule has 1 heterocycles. The lowest BCUT2D eigenvalue weighted by atomic mass is 9.82. The monoisotopic (exact) mass is 304 g/mol. The second kappa shape index (κ2) is 5.79. The number of hydrogen-bond acceptors (Lipinski definition) is 6. The number of ether oxygens (including phenoxy) is 3. The van der Waals surface area contributed by atoms with Crippen LogP contribution in [0.25, 0.3) is 0 Å². The average molecular weight is 304 g/mol. The van der Waals surface area contributed by atoms with Gasteiger partial charge in [0.1, 0.15) is 0 Å². The van der Waals surface area contributed by atoms with Crippen LogP contribution in [-0.2, 0) is 6.42 Å². The van der Waals surface area contributed by atoms with Crippen molar-refractivity contribution in [3.63, 3.8) is 0 Å². The molecular formula is C16H20N2O4. The third kappa shape index (κ3) is 2.24. The maximum atomic E-state index is 5.86. The van der Waals surface area contributed by atoms with Crippen molar-refractivity contribution < 1.29 is 18.7 Å². The number of aromatic nitrogens is 1. The Morgan fingerprint density at radius 2 is 1.82 bits per heavy atom. The number of rotatable bonds is 4. The molecule has 0 radical (unpaired) electrons. The van der Waals surface area contributed by atoms with Gasteiger partial charge in [0, 0.05) is 11.5 Å². The smallest absolute Gasteiger partial charge is 0.225 e. The van der Waals surface area contributed by atoms with Gasteiger partial charge in [-0.15, -0.1) is 0 Å². The van der Waals surface area contributed by atoms with Crippen LogP contribution in [0.2, 0.25) is 0 Å². The molecule has 0 fully saturated rings. The van der Waals surface area contributed by atoms with Crippen molar-refractivity contribution in [2.45, 2.75) is 25.2 Å². The molecule has 1 aliphatic carbocycles. The van der Waals surface area contributed by atoms with Gasteiger partial charge in [-0.05, 0) is 37.0 Å². The summed E-state index contributed by atoms with van der Waals surface area (Å²) in [5.41, 5.74) is 8.85. The van der Waals surface area contributed by atoms with Gasteiger partial charge in [-0.3, -0.25) is 0 Å². The summed E-state index contributed by atoms with van der Waals surface area (Å²) in [7, 11) is 4.82. The number of nitrogens with zero attached hydrogens (tertiary/aromatic N) is 1. The Hall–Kier alpha value is -2.37. The Morgan fingerprint density at radius 1 is 1.14 bits per heavy atom. The molecule has 0 bridgehead atoms. The Bertz CT molecular complexity index is 656. The highest BCUT2D eigenvalue weighted by Crippen LogP contribution is 2.44. The van der Waals surface area contributed by atoms with Crippen LogP contribution in [0.3, 0.4) is 0 Å². The van der Waals surface area contributed by atoms with Crippen molar-refractivity contribution in [2.75, 3.05) is 27.1 Å². The fraction of sp³-hybridized carbons (Fsp3) is 0.438. The first kappa shape index (κ1) is 14.6. The minimum atomic E-state index is 0.124. The van der Waals surface area contributed by atoms with E-state index in [2.05, 4.69) is 5.16 Å². The second-order valence-corrected chi connectivity index (χ2v) is 5.31. The lowest BCUT2D eigenvalue weighted by Gasteiger charge is -2.23. The van der Waals surface area contributed by atoms with Crippen LogP contribution < -0.4 is 19.9 Å². The third-order valence-corrected chi connectivity index (χ3v) is 4.19. The molecule has 118 valence electrons. The molecule has 22 heavy (non-hydrogen) atoms. The SMILES string of the molecule is COc1cc(C2CCCc3c2noc3N)cc(OC)c1OC. The summed E-state index contributed by atoms with van der Waals surface area (Å²) >= 11 is 0. The number of anilines is 1. The lowest BCUT2D eigenvalue weighted by Crippen LogP contribution is -2.12. The van der Waals surface area contributed by atoms with Crippen LogP contribution in [0.15, 0.2) is 16.7 Å². The molecule has 0 saturated carbocycles. The first-order valence-electron chi connectivity index (χ1n) is 7.23. The van der Waals surface area contributed by atoms with E-state index in [1.807, 2.05) is 12.1 Å². The summed E-state index contributed by atoms with van der Waals surface area (Å²) in [6.45, 7) is 0. The Morgan fingerprint density at radius 3 is 2.41 bits per heavy atom. The van der Waals surface area contributed by atoms with E-state index < -0.39 is 0 Å². The third-order valence-electron chi connectivity index (χ3n) is 4.19. The van der Waals surface area contributed by atoms with Crippen LogP contribution in [0.5, 0.6) is 17.2 Å². The number of methoxy groups -OCH3 is 3. The van der Waals surface area contributed by atoms with Crippen molar-refractivity contribution in [1.82, 2.24) is 5.16 Å². The largest absolute Gasteiger partial charge is 0.493 e. The number of benzene rings is 1. The highest BCUT2D eigenvalue weighted by atomic mass is 16.5. The van der Waals surface area contributed by atoms with E-state index in [1.165, 1.54) is 0 Å². The molecule has 0 spiro atoms. The predicted molar refractivity (Wildman–Crippen MR) is 81.8 cm³/mol. The van der Waals surface area contributed by atoms with E-state index in [-0.39, 0.29) is 5.92 Å². The van der Waals surface area contributed by atoms with Gasteiger partial charge < -0.3 is 24.5 Å². The van der Waals surface area contributed by atoms with E-state index in [9.17, 15) is 0 Å². The predicted octanol–water partition coefficient (Wildman–Crippen LogP) is 2.75. The summed E-state index contributed by atoms with van der Waals surface area (Å²) in [5.74, 6) is 2.41. The van der Waals surface area contributed by atoms with Gasteiger partial charge in [0.15, 0.2) is 11.5 Å². The Labute approximate surface area is 129 Å². The first-order chi connectivity index (χ1) is 10.7. The number of nitrogen functional groups attached to an aromatic ring is 1. The molecule has 6 heteroatoms. The molecule has 0 aliphatic heterocycles. The zero-order valence-electron chi connectivity index (χ0n) is 13.0. The summed E-state index contributed by atoms with van der Waals surface area (Å²) < 4.78 is 21.4. The van der Waals surface area contributed by atoms with Crippen molar-refractivity contribution in [2.24, 2.45) is 0 Å². The zero-order valence-corrected chi connectivity index (χ0v) is 13.0.